The molecule has 1 saturated heterocycles. The highest BCUT2D eigenvalue weighted by molar-refractivity contribution is 5.83. The molecule has 8 nitrogen and oxygen atoms in total. The van der Waals surface area contributed by atoms with E-state index in [4.69, 9.17) is 0 Å². The summed E-state index contributed by atoms with van der Waals surface area (Å²) < 4.78 is 31.8. The van der Waals surface area contributed by atoms with Crippen LogP contribution in [-0.2, 0) is 0 Å². The number of aromatic nitrogens is 5. The zero-order valence-electron chi connectivity index (χ0n) is 21.9. The van der Waals surface area contributed by atoms with Crippen LogP contribution in [0.4, 0.5) is 20.5 Å². The molecule has 0 amide bonds. The van der Waals surface area contributed by atoms with Gasteiger partial charge in [-0.2, -0.15) is 0 Å². The first kappa shape index (κ1) is 24.8. The van der Waals surface area contributed by atoms with Crippen LogP contribution in [0.2, 0.25) is 0 Å². The van der Waals surface area contributed by atoms with Crippen LogP contribution in [0, 0.1) is 24.5 Å². The standard InChI is InChI=1S/C28H32F2N8/c1-16(2)38-17(3)34-26-21(29)12-20(13-23(26)38)25-22(30)15-33-28(36-25)35-24-7-6-19(14-32-24)27(18-4-5-18)37-10-8-31-9-11-37/h6-7,12-16,18,27,31H,4-5,8-11H2,1-3H3,(H,32,33,35,36)/t27-/m1/s1. The molecule has 6 rings (SSSR count). The van der Waals surface area contributed by atoms with Gasteiger partial charge in [0.2, 0.25) is 5.95 Å². The van der Waals surface area contributed by atoms with E-state index in [-0.39, 0.29) is 23.2 Å². The highest BCUT2D eigenvalue weighted by Gasteiger charge is 2.36. The smallest absolute Gasteiger partial charge is 0.229 e. The van der Waals surface area contributed by atoms with Crippen molar-refractivity contribution in [2.24, 2.45) is 5.92 Å². The Morgan fingerprint density at radius 3 is 2.47 bits per heavy atom. The molecule has 0 spiro atoms. The van der Waals surface area contributed by atoms with Gasteiger partial charge >= 0.3 is 0 Å². The number of piperazine rings is 1. The van der Waals surface area contributed by atoms with Crippen LogP contribution in [0.1, 0.15) is 50.2 Å². The monoisotopic (exact) mass is 518 g/mol. The molecule has 0 unspecified atom stereocenters. The molecule has 2 fully saturated rings. The van der Waals surface area contributed by atoms with Crippen LogP contribution in [0.15, 0.2) is 36.7 Å². The zero-order chi connectivity index (χ0) is 26.4. The molecule has 0 radical (unpaired) electrons. The van der Waals surface area contributed by atoms with Crippen molar-refractivity contribution >= 4 is 22.8 Å². The summed E-state index contributed by atoms with van der Waals surface area (Å²) in [4.78, 5) is 20.0. The van der Waals surface area contributed by atoms with Gasteiger partial charge in [-0.05, 0) is 63.3 Å². The fraction of sp³-hybridized carbons (Fsp3) is 0.429. The minimum Gasteiger partial charge on any atom is -0.326 e. The maximum absolute atomic E-state index is 15.0. The summed E-state index contributed by atoms with van der Waals surface area (Å²) in [7, 11) is 0. The number of aryl methyl sites for hydroxylation is 1. The van der Waals surface area contributed by atoms with E-state index in [0.717, 1.165) is 32.4 Å². The minimum absolute atomic E-state index is 0.0154. The number of hydrogen-bond acceptors (Lipinski definition) is 7. The highest BCUT2D eigenvalue weighted by Crippen LogP contribution is 2.44. The number of nitrogens with one attached hydrogen (secondary N) is 2. The summed E-state index contributed by atoms with van der Waals surface area (Å²) in [5.74, 6) is 0.998. The van der Waals surface area contributed by atoms with Crippen LogP contribution >= 0.6 is 0 Å². The van der Waals surface area contributed by atoms with Gasteiger partial charge in [-0.25, -0.2) is 28.7 Å². The van der Waals surface area contributed by atoms with E-state index < -0.39 is 11.6 Å². The topological polar surface area (TPSA) is 83.8 Å². The normalized spacial score (nSPS) is 17.3. The maximum Gasteiger partial charge on any atom is 0.229 e. The Morgan fingerprint density at radius 2 is 1.79 bits per heavy atom. The number of hydrogen-bond donors (Lipinski definition) is 2. The third-order valence-corrected chi connectivity index (χ3v) is 7.44. The second-order valence-corrected chi connectivity index (χ2v) is 10.5. The Kier molecular flexibility index (Phi) is 6.53. The predicted octanol–water partition coefficient (Wildman–Crippen LogP) is 5.16. The Balaban J connectivity index is 1.27. The molecule has 1 aromatic carbocycles. The van der Waals surface area contributed by atoms with Gasteiger partial charge < -0.3 is 15.2 Å². The minimum atomic E-state index is -0.631. The Labute approximate surface area is 220 Å². The largest absolute Gasteiger partial charge is 0.326 e. The lowest BCUT2D eigenvalue weighted by Gasteiger charge is -2.35. The molecule has 1 aliphatic carbocycles. The van der Waals surface area contributed by atoms with Gasteiger partial charge in [0.15, 0.2) is 11.6 Å². The third kappa shape index (κ3) is 4.74. The predicted molar refractivity (Wildman–Crippen MR) is 143 cm³/mol. The van der Waals surface area contributed by atoms with Crippen LogP contribution in [0.3, 0.4) is 0 Å². The number of pyridine rings is 1. The van der Waals surface area contributed by atoms with Crippen LogP contribution in [0.5, 0.6) is 0 Å². The van der Waals surface area contributed by atoms with Gasteiger partial charge in [-0.1, -0.05) is 6.07 Å². The van der Waals surface area contributed by atoms with E-state index in [1.54, 1.807) is 6.07 Å². The van der Waals surface area contributed by atoms with Crippen molar-refractivity contribution in [3.63, 3.8) is 0 Å². The molecule has 1 saturated carbocycles. The van der Waals surface area contributed by atoms with Crippen molar-refractivity contribution in [2.75, 3.05) is 31.5 Å². The van der Waals surface area contributed by atoms with Crippen LogP contribution in [-0.4, -0.2) is 55.6 Å². The van der Waals surface area contributed by atoms with Crippen LogP contribution < -0.4 is 10.6 Å². The molecular formula is C28H32F2N8. The Morgan fingerprint density at radius 1 is 1.00 bits per heavy atom. The fourth-order valence-corrected chi connectivity index (χ4v) is 5.61. The second kappa shape index (κ2) is 9.99. The van der Waals surface area contributed by atoms with Crippen molar-refractivity contribution in [1.82, 2.24) is 34.7 Å². The average Bonchev–Trinajstić information content (AvgIpc) is 3.67. The molecule has 0 bridgehead atoms. The summed E-state index contributed by atoms with van der Waals surface area (Å²) in [5.41, 5.74) is 2.42. The summed E-state index contributed by atoms with van der Waals surface area (Å²) in [6.45, 7) is 9.94. The van der Waals surface area contributed by atoms with Crippen molar-refractivity contribution in [2.45, 2.75) is 45.7 Å². The lowest BCUT2D eigenvalue weighted by atomic mass is 10.0. The maximum atomic E-state index is 15.0. The van der Waals surface area contributed by atoms with E-state index in [1.807, 2.05) is 37.6 Å². The number of benzene rings is 1. The van der Waals surface area contributed by atoms with Gasteiger partial charge in [0.1, 0.15) is 22.9 Å². The number of fused-ring (bicyclic) bond motifs is 1. The van der Waals surface area contributed by atoms with Gasteiger partial charge in [0.25, 0.3) is 0 Å². The van der Waals surface area contributed by atoms with E-state index in [9.17, 15) is 8.78 Å². The van der Waals surface area contributed by atoms with Gasteiger partial charge in [0.05, 0.1) is 11.7 Å². The molecule has 2 aliphatic rings. The molecule has 10 heteroatoms. The molecule has 1 atom stereocenters. The highest BCUT2D eigenvalue weighted by atomic mass is 19.1. The zero-order valence-corrected chi connectivity index (χ0v) is 21.9. The first-order valence-electron chi connectivity index (χ1n) is 13.3. The number of rotatable bonds is 7. The molecule has 38 heavy (non-hydrogen) atoms. The number of anilines is 2. The van der Waals surface area contributed by atoms with E-state index in [0.29, 0.717) is 34.7 Å². The summed E-state index contributed by atoms with van der Waals surface area (Å²) in [6.07, 6.45) is 5.52. The first-order valence-corrected chi connectivity index (χ1v) is 13.3. The SMILES string of the molecule is Cc1nc2c(F)cc(-c3nc(Nc4ccc([C@@H](C5CC5)N5CCNCC5)cn4)ncc3F)cc2n1C(C)C. The van der Waals surface area contributed by atoms with Crippen molar-refractivity contribution in [3.8, 4) is 11.3 Å². The van der Waals surface area contributed by atoms with Gasteiger partial charge in [0, 0.05) is 50.0 Å². The van der Waals surface area contributed by atoms with Crippen LogP contribution in [0.25, 0.3) is 22.3 Å². The van der Waals surface area contributed by atoms with Crippen molar-refractivity contribution in [3.05, 3.63) is 59.7 Å². The number of imidazole rings is 1. The molecule has 198 valence electrons. The molecule has 2 N–H and O–H groups in total. The van der Waals surface area contributed by atoms with Crippen molar-refractivity contribution < 1.29 is 8.78 Å². The summed E-state index contributed by atoms with van der Waals surface area (Å²) in [6, 6.07) is 7.48. The van der Waals surface area contributed by atoms with E-state index >= 15 is 0 Å². The van der Waals surface area contributed by atoms with Gasteiger partial charge in [-0.15, -0.1) is 0 Å². The number of nitrogens with zero attached hydrogens (tertiary/aromatic N) is 6. The van der Waals surface area contributed by atoms with E-state index in [2.05, 4.69) is 41.5 Å². The van der Waals surface area contributed by atoms with Gasteiger partial charge in [-0.3, -0.25) is 4.90 Å². The molecule has 4 aromatic rings. The number of halogens is 2. The fourth-order valence-electron chi connectivity index (χ4n) is 5.61. The second-order valence-electron chi connectivity index (χ2n) is 10.5. The first-order chi connectivity index (χ1) is 18.4. The van der Waals surface area contributed by atoms with E-state index in [1.165, 1.54) is 24.5 Å². The molecule has 3 aromatic heterocycles. The quantitative estimate of drug-likeness (QED) is 0.350. The lowest BCUT2D eigenvalue weighted by Crippen LogP contribution is -2.45. The molecule has 1 aliphatic heterocycles. The Bertz CT molecular complexity index is 1460. The van der Waals surface area contributed by atoms with Crippen molar-refractivity contribution in [1.29, 1.82) is 0 Å². The third-order valence-electron chi connectivity index (χ3n) is 7.44. The average molecular weight is 519 g/mol. The molecular weight excluding hydrogens is 486 g/mol. The summed E-state index contributed by atoms with van der Waals surface area (Å²) >= 11 is 0. The summed E-state index contributed by atoms with van der Waals surface area (Å²) in [5, 5.41) is 6.51. The lowest BCUT2D eigenvalue weighted by molar-refractivity contribution is 0.156. The Hall–Kier alpha value is -3.50. The molecule has 4 heterocycles.